The molecule has 6 nitrogen and oxygen atoms in total. The molecular weight excluding hydrogens is 238 g/mol. The fourth-order valence-electron chi connectivity index (χ4n) is 1.98. The number of rotatable bonds is 3. The number of hydrogen-bond acceptors (Lipinski definition) is 4. The van der Waals surface area contributed by atoms with Crippen LogP contribution >= 0.6 is 0 Å². The van der Waals surface area contributed by atoms with Crippen LogP contribution in [0.1, 0.15) is 12.0 Å². The molecule has 1 amide bonds. The Kier molecular flexibility index (Phi) is 3.10. The van der Waals surface area contributed by atoms with Crippen molar-refractivity contribution in [1.82, 2.24) is 4.90 Å². The summed E-state index contributed by atoms with van der Waals surface area (Å²) in [4.78, 5) is 23.8. The summed E-state index contributed by atoms with van der Waals surface area (Å²) in [6.07, 6.45) is -0.00577. The van der Waals surface area contributed by atoms with Crippen molar-refractivity contribution in [3.8, 4) is 11.5 Å². The van der Waals surface area contributed by atoms with Crippen LogP contribution in [0.4, 0.5) is 0 Å². The second kappa shape index (κ2) is 4.56. The lowest BCUT2D eigenvalue weighted by Gasteiger charge is -2.16. The van der Waals surface area contributed by atoms with Crippen LogP contribution in [0.25, 0.3) is 0 Å². The van der Waals surface area contributed by atoms with Crippen molar-refractivity contribution in [2.45, 2.75) is 13.0 Å². The predicted octanol–water partition coefficient (Wildman–Crippen LogP) is 0.531. The van der Waals surface area contributed by atoms with E-state index in [4.69, 9.17) is 10.2 Å². The van der Waals surface area contributed by atoms with Gasteiger partial charge in [-0.15, -0.1) is 0 Å². The molecule has 1 aromatic rings. The third-order valence-electron chi connectivity index (χ3n) is 2.99. The maximum atomic E-state index is 11.6. The smallest absolute Gasteiger partial charge is 0.308 e. The van der Waals surface area contributed by atoms with Gasteiger partial charge in [-0.1, -0.05) is 0 Å². The number of carboxylic acids is 1. The van der Waals surface area contributed by atoms with Crippen molar-refractivity contribution in [3.63, 3.8) is 0 Å². The van der Waals surface area contributed by atoms with Gasteiger partial charge in [-0.25, -0.2) is 0 Å². The van der Waals surface area contributed by atoms with Crippen LogP contribution in [0, 0.1) is 5.92 Å². The number of phenolic OH excluding ortho intramolecular Hbond substituents is 2. The highest BCUT2D eigenvalue weighted by atomic mass is 16.4. The number of nitrogens with zero attached hydrogens (tertiary/aromatic N) is 1. The van der Waals surface area contributed by atoms with Crippen LogP contribution in [0.5, 0.6) is 11.5 Å². The zero-order valence-electron chi connectivity index (χ0n) is 9.54. The van der Waals surface area contributed by atoms with E-state index in [0.717, 1.165) is 0 Å². The zero-order valence-corrected chi connectivity index (χ0v) is 9.54. The lowest BCUT2D eigenvalue weighted by Crippen LogP contribution is -2.25. The summed E-state index contributed by atoms with van der Waals surface area (Å²) in [5, 5.41) is 27.6. The van der Waals surface area contributed by atoms with Crippen LogP contribution in [0.3, 0.4) is 0 Å². The zero-order chi connectivity index (χ0) is 13.3. The van der Waals surface area contributed by atoms with Gasteiger partial charge in [0.05, 0.1) is 5.92 Å². The fraction of sp³-hybridized carbons (Fsp3) is 0.333. The first-order valence-electron chi connectivity index (χ1n) is 5.49. The Balaban J connectivity index is 2.10. The van der Waals surface area contributed by atoms with Crippen molar-refractivity contribution in [2.75, 3.05) is 6.54 Å². The third kappa shape index (κ3) is 2.37. The molecule has 2 rings (SSSR count). The van der Waals surface area contributed by atoms with Crippen molar-refractivity contribution < 1.29 is 24.9 Å². The molecular formula is C12H13NO5. The number of hydrogen-bond donors (Lipinski definition) is 3. The number of carboxylic acid groups (broad SMARTS) is 1. The van der Waals surface area contributed by atoms with E-state index in [2.05, 4.69) is 0 Å². The van der Waals surface area contributed by atoms with Crippen molar-refractivity contribution in [1.29, 1.82) is 0 Å². The van der Waals surface area contributed by atoms with Gasteiger partial charge in [0.15, 0.2) is 0 Å². The van der Waals surface area contributed by atoms with Gasteiger partial charge in [-0.3, -0.25) is 9.59 Å². The molecule has 0 aliphatic carbocycles. The van der Waals surface area contributed by atoms with Crippen LogP contribution in [0.2, 0.25) is 0 Å². The molecule has 0 saturated carbocycles. The first kappa shape index (κ1) is 12.2. The molecule has 0 radical (unpaired) electrons. The number of likely N-dealkylation sites (tertiary alicyclic amines) is 1. The molecule has 1 atom stereocenters. The summed E-state index contributed by atoms with van der Waals surface area (Å²) < 4.78 is 0. The minimum atomic E-state index is -0.985. The van der Waals surface area contributed by atoms with Crippen molar-refractivity contribution in [3.05, 3.63) is 23.8 Å². The van der Waals surface area contributed by atoms with Gasteiger partial charge >= 0.3 is 5.97 Å². The molecule has 1 fully saturated rings. The minimum absolute atomic E-state index is 0.00577. The van der Waals surface area contributed by atoms with Crippen LogP contribution in [-0.2, 0) is 16.1 Å². The lowest BCUT2D eigenvalue weighted by atomic mass is 10.1. The Morgan fingerprint density at radius 2 is 2.11 bits per heavy atom. The lowest BCUT2D eigenvalue weighted by molar-refractivity contribution is -0.141. The van der Waals surface area contributed by atoms with Gasteiger partial charge in [0.25, 0.3) is 0 Å². The number of carbonyl (C=O) groups is 2. The third-order valence-corrected chi connectivity index (χ3v) is 2.99. The molecule has 6 heteroatoms. The van der Waals surface area contributed by atoms with Gasteiger partial charge in [-0.05, 0) is 12.1 Å². The average molecular weight is 251 g/mol. The number of carbonyl (C=O) groups excluding carboxylic acids is 1. The van der Waals surface area contributed by atoms with Crippen molar-refractivity contribution >= 4 is 11.9 Å². The Morgan fingerprint density at radius 3 is 2.67 bits per heavy atom. The molecule has 3 N–H and O–H groups in total. The fourth-order valence-corrected chi connectivity index (χ4v) is 1.98. The Bertz CT molecular complexity index is 499. The Morgan fingerprint density at radius 1 is 1.39 bits per heavy atom. The number of aliphatic carboxylic acids is 1. The van der Waals surface area contributed by atoms with Crippen LogP contribution in [-0.4, -0.2) is 38.6 Å². The number of amides is 1. The number of benzene rings is 1. The monoisotopic (exact) mass is 251 g/mol. The molecule has 0 aromatic heterocycles. The normalized spacial score (nSPS) is 19.2. The van der Waals surface area contributed by atoms with Crippen LogP contribution < -0.4 is 0 Å². The van der Waals surface area contributed by atoms with E-state index in [1.54, 1.807) is 0 Å². The molecule has 96 valence electrons. The molecule has 0 spiro atoms. The molecule has 1 aliphatic rings. The molecule has 1 heterocycles. The first-order valence-corrected chi connectivity index (χ1v) is 5.49. The van der Waals surface area contributed by atoms with Gasteiger partial charge < -0.3 is 20.2 Å². The van der Waals surface area contributed by atoms with E-state index in [-0.39, 0.29) is 36.9 Å². The minimum Gasteiger partial charge on any atom is -0.508 e. The largest absolute Gasteiger partial charge is 0.508 e. The first-order chi connectivity index (χ1) is 8.47. The topological polar surface area (TPSA) is 98.1 Å². The molecule has 0 bridgehead atoms. The summed E-state index contributed by atoms with van der Waals surface area (Å²) in [5.41, 5.74) is 0.479. The van der Waals surface area contributed by atoms with E-state index in [0.29, 0.717) is 5.56 Å². The second-order valence-electron chi connectivity index (χ2n) is 4.33. The van der Waals surface area contributed by atoms with Gasteiger partial charge in [0.2, 0.25) is 5.91 Å². The van der Waals surface area contributed by atoms with E-state index in [1.165, 1.54) is 23.1 Å². The molecule has 1 saturated heterocycles. The highest BCUT2D eigenvalue weighted by molar-refractivity contribution is 5.86. The maximum absolute atomic E-state index is 11.6. The summed E-state index contributed by atoms with van der Waals surface area (Å²) in [6.45, 7) is 0.295. The predicted molar refractivity (Wildman–Crippen MR) is 60.9 cm³/mol. The number of phenols is 2. The molecule has 1 aromatic carbocycles. The highest BCUT2D eigenvalue weighted by Gasteiger charge is 2.34. The maximum Gasteiger partial charge on any atom is 0.308 e. The summed E-state index contributed by atoms with van der Waals surface area (Å²) >= 11 is 0. The van der Waals surface area contributed by atoms with E-state index < -0.39 is 11.9 Å². The van der Waals surface area contributed by atoms with Gasteiger partial charge in [0.1, 0.15) is 11.5 Å². The highest BCUT2D eigenvalue weighted by Crippen LogP contribution is 2.26. The Labute approximate surface area is 103 Å². The quantitative estimate of drug-likeness (QED) is 0.728. The van der Waals surface area contributed by atoms with Gasteiger partial charge in [0, 0.05) is 31.1 Å². The molecule has 0 unspecified atom stereocenters. The van der Waals surface area contributed by atoms with Crippen molar-refractivity contribution in [2.24, 2.45) is 5.92 Å². The van der Waals surface area contributed by atoms with E-state index >= 15 is 0 Å². The summed E-state index contributed by atoms with van der Waals surface area (Å²) in [6, 6.07) is 4.10. The molecule has 18 heavy (non-hydrogen) atoms. The van der Waals surface area contributed by atoms with Gasteiger partial charge in [-0.2, -0.15) is 0 Å². The van der Waals surface area contributed by atoms with E-state index in [9.17, 15) is 14.7 Å². The SMILES string of the molecule is O=C(O)[C@H]1CC(=O)N(Cc2ccc(O)cc2O)C1. The Hall–Kier alpha value is -2.24. The van der Waals surface area contributed by atoms with E-state index in [1.807, 2.05) is 0 Å². The second-order valence-corrected chi connectivity index (χ2v) is 4.33. The summed E-state index contributed by atoms with van der Waals surface area (Å²) in [7, 11) is 0. The molecule has 1 aliphatic heterocycles. The standard InChI is InChI=1S/C12H13NO5/c14-9-2-1-7(10(15)4-9)5-13-6-8(12(17)18)3-11(13)16/h1-2,4,8,14-15H,3,5-6H2,(H,17,18)/t8-/m0/s1. The van der Waals surface area contributed by atoms with Crippen LogP contribution in [0.15, 0.2) is 18.2 Å². The average Bonchev–Trinajstić information content (AvgIpc) is 2.64. The summed E-state index contributed by atoms with van der Waals surface area (Å²) in [5.74, 6) is -2.08. The number of aromatic hydroxyl groups is 2.